The van der Waals surface area contributed by atoms with Crippen LogP contribution in [0.5, 0.6) is 63.2 Å². The minimum absolute atomic E-state index is 0.0131. The fourth-order valence-corrected chi connectivity index (χ4v) is 10.5. The topological polar surface area (TPSA) is 661 Å². The summed E-state index contributed by atoms with van der Waals surface area (Å²) >= 11 is 0. The van der Waals surface area contributed by atoms with Crippen LogP contribution < -0.4 is 52.1 Å². The second kappa shape index (κ2) is 58.3. The Kier molecular flexibility index (Phi) is 49.8. The summed E-state index contributed by atoms with van der Waals surface area (Å²) in [6.45, 7) is 4.54. The molecule has 2 aliphatic rings. The van der Waals surface area contributed by atoms with Crippen LogP contribution in [0.4, 0.5) is 0 Å². The minimum atomic E-state index is -1.47. The summed E-state index contributed by atoms with van der Waals surface area (Å²) < 4.78 is 54.9. The molecule has 8 aromatic rings. The van der Waals surface area contributed by atoms with Crippen LogP contribution in [0.3, 0.4) is 0 Å². The number of ether oxygens (including phenoxy) is 11. The number of rotatable bonds is 32. The largest absolute Gasteiger partial charge is 0.496 e. The summed E-state index contributed by atoms with van der Waals surface area (Å²) in [5.41, 5.74) is 3.36. The molecule has 2 unspecified atom stereocenters. The van der Waals surface area contributed by atoms with Gasteiger partial charge >= 0.3 is 89.5 Å². The van der Waals surface area contributed by atoms with Crippen LogP contribution in [0.1, 0.15) is 113 Å². The van der Waals surface area contributed by atoms with Crippen molar-refractivity contribution in [3.63, 3.8) is 0 Å². The monoisotopic (exact) mass is 1820 g/mol. The number of hydrogen-bond acceptors (Lipinski definition) is 26. The highest BCUT2D eigenvalue weighted by Gasteiger charge is 2.35. The van der Waals surface area contributed by atoms with Crippen molar-refractivity contribution in [2.75, 3.05) is 70.8 Å². The van der Waals surface area contributed by atoms with Gasteiger partial charge in [-0.1, -0.05) is 135 Å². The second-order valence-corrected chi connectivity index (χ2v) is 25.7. The SMILES string of the molecule is C=C(CC(=O)O)C(=O)O.CC(CC(=O)O)C(=O)O.COc1cc(C(=O)O)cc(OC)c1OC.COc1cc(OC)c(C(=O)O)c(OC)c1.COc1cc(OC)c(C(=O)O)cc1OC.O=C(O)C(C(=O)O)C1C=CCC1.O=C(O)C(C(=O)O)c1ccccc1.O=C(O)C(Cc1ccccc1)C(=O)O.O=C(O)c1ccc2c(c1)OCO2.O=C(O)c1ccccc1Cc1ccccc1. The summed E-state index contributed by atoms with van der Waals surface area (Å²) in [5.74, 6) is -18.6. The van der Waals surface area contributed by atoms with Crippen molar-refractivity contribution in [2.24, 2.45) is 23.7 Å². The van der Waals surface area contributed by atoms with E-state index in [-0.39, 0.29) is 76.2 Å². The van der Waals surface area contributed by atoms with E-state index in [9.17, 15) is 71.9 Å². The Bertz CT molecular complexity index is 5100. The first kappa shape index (κ1) is 111. The van der Waals surface area contributed by atoms with Gasteiger partial charge < -0.3 is 129 Å². The molecule has 0 radical (unpaired) electrons. The van der Waals surface area contributed by atoms with Crippen molar-refractivity contribution >= 4 is 89.5 Å². The lowest BCUT2D eigenvalue weighted by atomic mass is 9.92. The van der Waals surface area contributed by atoms with Crippen molar-refractivity contribution in [1.82, 2.24) is 0 Å². The normalized spacial score (nSPS) is 11.3. The van der Waals surface area contributed by atoms with E-state index in [2.05, 4.69) is 6.58 Å². The molecule has 0 spiro atoms. The van der Waals surface area contributed by atoms with Gasteiger partial charge in [0.15, 0.2) is 52.3 Å². The molecule has 0 aromatic heterocycles. The molecule has 0 bridgehead atoms. The van der Waals surface area contributed by atoms with E-state index < -0.39 is 120 Å². The molecule has 10 rings (SSSR count). The molecule has 41 nitrogen and oxygen atoms in total. The Morgan fingerprint density at radius 3 is 1.22 bits per heavy atom. The first-order valence-corrected chi connectivity index (χ1v) is 37.2. The minimum Gasteiger partial charge on any atom is -0.496 e. The molecule has 2 atom stereocenters. The van der Waals surface area contributed by atoms with E-state index in [0.29, 0.717) is 70.0 Å². The van der Waals surface area contributed by atoms with Gasteiger partial charge in [-0.25, -0.2) is 28.8 Å². The molecule has 0 fully saturated rings. The van der Waals surface area contributed by atoms with E-state index in [1.165, 1.54) is 132 Å². The fourth-order valence-electron chi connectivity index (χ4n) is 10.5. The number of fused-ring (bicyclic) bond motifs is 1. The zero-order valence-electron chi connectivity index (χ0n) is 71.2. The van der Waals surface area contributed by atoms with Gasteiger partial charge in [-0.05, 0) is 84.3 Å². The van der Waals surface area contributed by atoms with Crippen LogP contribution in [-0.4, -0.2) is 237 Å². The number of allylic oxidation sites excluding steroid dienone is 2. The van der Waals surface area contributed by atoms with Gasteiger partial charge in [0.1, 0.15) is 34.1 Å². The maximum atomic E-state index is 11.0. The molecule has 1 heterocycles. The Balaban J connectivity index is 0.000000726. The molecule has 0 saturated carbocycles. The molecule has 1 aliphatic carbocycles. The molecule has 15 N–H and O–H groups in total. The molecule has 130 heavy (non-hydrogen) atoms. The van der Waals surface area contributed by atoms with Crippen LogP contribution in [0.15, 0.2) is 194 Å². The molecule has 41 heteroatoms. The van der Waals surface area contributed by atoms with Gasteiger partial charge in [0.25, 0.3) is 0 Å². The van der Waals surface area contributed by atoms with Crippen LogP contribution in [0.2, 0.25) is 0 Å². The van der Waals surface area contributed by atoms with E-state index in [4.69, 9.17) is 129 Å². The Hall–Kier alpha value is -16.9. The number of methoxy groups -OCH3 is 9. The van der Waals surface area contributed by atoms with Gasteiger partial charge in [-0.3, -0.25) is 43.2 Å². The average Bonchev–Trinajstić information content (AvgIpc) is 0.761. The summed E-state index contributed by atoms with van der Waals surface area (Å²) in [6, 6.07) is 46.6. The predicted octanol–water partition coefficient (Wildman–Crippen LogP) is 11.3. The second-order valence-electron chi connectivity index (χ2n) is 25.7. The van der Waals surface area contributed by atoms with Gasteiger partial charge in [-0.15, -0.1) is 0 Å². The summed E-state index contributed by atoms with van der Waals surface area (Å²) in [5, 5.41) is 128. The van der Waals surface area contributed by atoms with Crippen molar-refractivity contribution in [3.8, 4) is 63.2 Å². The third kappa shape index (κ3) is 38.9. The van der Waals surface area contributed by atoms with E-state index in [1.807, 2.05) is 48.5 Å². The quantitative estimate of drug-likeness (QED) is 0.0106. The number of aliphatic carboxylic acids is 10. The van der Waals surface area contributed by atoms with Crippen LogP contribution in [0, 0.1) is 23.7 Å². The first-order chi connectivity index (χ1) is 61.4. The highest BCUT2D eigenvalue weighted by atomic mass is 16.7. The lowest BCUT2D eigenvalue weighted by molar-refractivity contribution is -0.157. The number of hydrogen-bond donors (Lipinski definition) is 15. The van der Waals surface area contributed by atoms with Gasteiger partial charge in [0, 0.05) is 35.8 Å². The van der Waals surface area contributed by atoms with Gasteiger partial charge in [0.2, 0.25) is 12.5 Å². The lowest BCUT2D eigenvalue weighted by Crippen LogP contribution is -2.29. The van der Waals surface area contributed by atoms with Crippen molar-refractivity contribution in [3.05, 3.63) is 244 Å². The maximum absolute atomic E-state index is 11.0. The summed E-state index contributed by atoms with van der Waals surface area (Å²) in [4.78, 5) is 157. The molecule has 698 valence electrons. The van der Waals surface area contributed by atoms with Crippen molar-refractivity contribution in [1.29, 1.82) is 0 Å². The van der Waals surface area contributed by atoms with Gasteiger partial charge in [0.05, 0.1) is 99.4 Å². The Labute approximate surface area is 740 Å². The van der Waals surface area contributed by atoms with Crippen LogP contribution in [0.25, 0.3) is 0 Å². The number of carbonyl (C=O) groups is 15. The van der Waals surface area contributed by atoms with Crippen LogP contribution >= 0.6 is 0 Å². The zero-order valence-corrected chi connectivity index (χ0v) is 71.2. The molecule has 8 aromatic carbocycles. The number of carboxylic acid groups (broad SMARTS) is 15. The fraction of sp³-hybridized carbons (Fsp3) is 0.247. The van der Waals surface area contributed by atoms with Crippen molar-refractivity contribution in [2.45, 2.75) is 51.4 Å². The maximum Gasteiger partial charge on any atom is 0.343 e. The summed E-state index contributed by atoms with van der Waals surface area (Å²) in [6.07, 6.45) is 4.76. The lowest BCUT2D eigenvalue weighted by Gasteiger charge is -2.12. The highest BCUT2D eigenvalue weighted by molar-refractivity contribution is 5.99. The van der Waals surface area contributed by atoms with E-state index in [0.717, 1.165) is 17.5 Å². The standard InChI is InChI=1S/C14H12O2.3C10H12O5.C10H10O4.C9H8O4.C8H6O4.C8H10O4.C5H8O4.C5H6O4/c15-14(16)13-9-5-4-8-12(13)10-11-6-2-1-3-7-11;1-13-7-5-9(15-3)8(14-2)4-6(7)10(11)12;1-13-6-4-7(14-2)9(10(11)12)8(5-6)15-3;1-13-7-4-6(10(11)12)5-8(14-2)9(7)15-3;11-9(12)8(10(13)14)6-7-4-2-1-3-5-7;10-8(11)7(9(12)13)6-4-2-1-3-5-6;9-8(10)5-1-2-6-7(3-5)12-4-11-6;9-7(10)6(8(11)12)5-3-1-2-4-5;2*1-3(5(8)9)2-4(6)7/h1-9H,10H2,(H,15,16);3*4-5H,1-3H3,(H,11,12);1-5,8H,6H2,(H,11,12)(H,13,14);1-5,7H,(H,10,11)(H,12,13);1-3H,4H2,(H,9,10);1,3,5-6H,2,4H2,(H,9,10)(H,11,12);3H,2H2,1H3,(H,6,7)(H,8,9);1-2H2,(H,6,7)(H,8,9). The third-order valence-corrected chi connectivity index (χ3v) is 17.0. The number of aromatic carboxylic acids is 5. The third-order valence-electron chi connectivity index (χ3n) is 17.0. The molecule has 0 amide bonds. The molecule has 1 aliphatic heterocycles. The van der Waals surface area contributed by atoms with Crippen LogP contribution in [-0.2, 0) is 60.8 Å². The smallest absolute Gasteiger partial charge is 0.343 e. The van der Waals surface area contributed by atoms with Crippen molar-refractivity contribution < 1.29 is 201 Å². The molecular weight excluding hydrogens is 1720 g/mol. The predicted molar refractivity (Wildman–Crippen MR) is 453 cm³/mol. The average molecular weight is 1820 g/mol. The van der Waals surface area contributed by atoms with E-state index in [1.54, 1.807) is 72.8 Å². The molecular formula is C89H96O41. The Morgan fingerprint density at radius 2 is 0.854 bits per heavy atom. The summed E-state index contributed by atoms with van der Waals surface area (Å²) in [7, 11) is 12.9. The molecule has 0 saturated heterocycles. The van der Waals surface area contributed by atoms with Gasteiger partial charge in [-0.2, -0.15) is 0 Å². The Morgan fingerprint density at radius 1 is 0.400 bits per heavy atom. The zero-order chi connectivity index (χ0) is 98.6. The van der Waals surface area contributed by atoms with E-state index >= 15 is 0 Å². The highest BCUT2D eigenvalue weighted by Crippen LogP contribution is 2.39. The number of benzene rings is 8. The number of carboxylic acids is 15. The first-order valence-electron chi connectivity index (χ1n) is 37.2.